The number of carbonyl (C=O) groups excluding carboxylic acids is 1. The molecule has 2 heterocycles. The molecule has 0 saturated heterocycles. The Morgan fingerprint density at radius 3 is 2.48 bits per heavy atom. The maximum absolute atomic E-state index is 12.3. The summed E-state index contributed by atoms with van der Waals surface area (Å²) in [5.74, 6) is 1.07. The average molecular weight is 383 g/mol. The van der Waals surface area contributed by atoms with Gasteiger partial charge in [0.15, 0.2) is 0 Å². The van der Waals surface area contributed by atoms with Crippen LogP contribution in [0.2, 0.25) is 0 Å². The number of hydrogen-bond acceptors (Lipinski definition) is 3. The summed E-state index contributed by atoms with van der Waals surface area (Å²) in [5.41, 5.74) is 4.82. The molecule has 0 aliphatic carbocycles. The molecule has 2 N–H and O–H groups in total. The molecule has 3 aromatic carbocycles. The van der Waals surface area contributed by atoms with Crippen LogP contribution in [0, 0.1) is 0 Å². The molecular weight excluding hydrogens is 362 g/mol. The molecule has 6 heteroatoms. The van der Waals surface area contributed by atoms with Crippen molar-refractivity contribution in [2.24, 2.45) is 0 Å². The molecule has 5 rings (SSSR count). The number of nitrogens with zero attached hydrogens (tertiary/aromatic N) is 3. The van der Waals surface area contributed by atoms with Gasteiger partial charge in [0, 0.05) is 30.2 Å². The molecule has 0 unspecified atom stereocenters. The highest BCUT2D eigenvalue weighted by atomic mass is 16.2. The fourth-order valence-electron chi connectivity index (χ4n) is 3.78. The number of nitrogens with one attached hydrogen (secondary N) is 2. The zero-order valence-corrected chi connectivity index (χ0v) is 15.9. The number of hydrogen-bond donors (Lipinski definition) is 2. The molecule has 0 saturated carbocycles. The molecule has 2 amide bonds. The van der Waals surface area contributed by atoms with Crippen LogP contribution >= 0.6 is 0 Å². The Hall–Kier alpha value is -3.80. The maximum Gasteiger partial charge on any atom is 0.323 e. The highest BCUT2D eigenvalue weighted by Gasteiger charge is 2.20. The number of imidazole rings is 1. The Balaban J connectivity index is 1.31. The van der Waals surface area contributed by atoms with Gasteiger partial charge < -0.3 is 20.1 Å². The van der Waals surface area contributed by atoms with Crippen molar-refractivity contribution in [1.29, 1.82) is 0 Å². The smallest absolute Gasteiger partial charge is 0.323 e. The van der Waals surface area contributed by atoms with Gasteiger partial charge in [-0.15, -0.1) is 0 Å². The zero-order valence-electron chi connectivity index (χ0n) is 15.9. The van der Waals surface area contributed by atoms with Crippen LogP contribution in [-0.4, -0.2) is 22.1 Å². The maximum atomic E-state index is 12.3. The lowest BCUT2D eigenvalue weighted by Gasteiger charge is -2.30. The third-order valence-corrected chi connectivity index (χ3v) is 5.16. The van der Waals surface area contributed by atoms with E-state index in [1.54, 1.807) is 0 Å². The van der Waals surface area contributed by atoms with Gasteiger partial charge in [0.05, 0.1) is 17.6 Å². The summed E-state index contributed by atoms with van der Waals surface area (Å²) in [6.45, 7) is 2.53. The normalized spacial score (nSPS) is 13.2. The SMILES string of the molecule is O=C(Nc1ccccc1)Nc1cccc(N2CCn3c(nc4ccccc43)C2)c1. The van der Waals surface area contributed by atoms with Crippen LogP contribution in [0.15, 0.2) is 78.9 Å². The summed E-state index contributed by atoms with van der Waals surface area (Å²) in [6.07, 6.45) is 0. The van der Waals surface area contributed by atoms with E-state index in [2.05, 4.69) is 44.4 Å². The van der Waals surface area contributed by atoms with Crippen LogP contribution in [0.4, 0.5) is 21.9 Å². The fraction of sp³-hybridized carbons (Fsp3) is 0.130. The van der Waals surface area contributed by atoms with Crippen LogP contribution in [0.3, 0.4) is 0 Å². The molecule has 6 nitrogen and oxygen atoms in total. The molecule has 0 spiro atoms. The van der Waals surface area contributed by atoms with Crippen LogP contribution in [-0.2, 0) is 13.1 Å². The van der Waals surface area contributed by atoms with Gasteiger partial charge in [0.25, 0.3) is 0 Å². The van der Waals surface area contributed by atoms with Gasteiger partial charge in [-0.1, -0.05) is 36.4 Å². The molecule has 0 fully saturated rings. The van der Waals surface area contributed by atoms with E-state index < -0.39 is 0 Å². The Morgan fingerprint density at radius 1 is 0.828 bits per heavy atom. The van der Waals surface area contributed by atoms with E-state index in [0.717, 1.165) is 48.0 Å². The lowest BCUT2D eigenvalue weighted by Crippen LogP contribution is -2.33. The second-order valence-electron chi connectivity index (χ2n) is 7.09. The summed E-state index contributed by atoms with van der Waals surface area (Å²) in [4.78, 5) is 19.4. The van der Waals surface area contributed by atoms with Crippen molar-refractivity contribution in [1.82, 2.24) is 9.55 Å². The van der Waals surface area contributed by atoms with E-state index in [4.69, 9.17) is 4.98 Å². The first-order chi connectivity index (χ1) is 14.3. The van der Waals surface area contributed by atoms with Gasteiger partial charge in [-0.2, -0.15) is 0 Å². The third-order valence-electron chi connectivity index (χ3n) is 5.16. The van der Waals surface area contributed by atoms with Crippen LogP contribution in [0.25, 0.3) is 11.0 Å². The molecule has 0 bridgehead atoms. The van der Waals surface area contributed by atoms with Crippen LogP contribution < -0.4 is 15.5 Å². The first kappa shape index (κ1) is 17.3. The van der Waals surface area contributed by atoms with E-state index >= 15 is 0 Å². The fourth-order valence-corrected chi connectivity index (χ4v) is 3.78. The highest BCUT2D eigenvalue weighted by Crippen LogP contribution is 2.26. The Bertz CT molecular complexity index is 1170. The molecule has 4 aromatic rings. The van der Waals surface area contributed by atoms with Gasteiger partial charge in [-0.05, 0) is 42.5 Å². The van der Waals surface area contributed by atoms with Crippen LogP contribution in [0.5, 0.6) is 0 Å². The predicted octanol–water partition coefficient (Wildman–Crippen LogP) is 4.70. The monoisotopic (exact) mass is 383 g/mol. The summed E-state index contributed by atoms with van der Waals surface area (Å²) >= 11 is 0. The van der Waals surface area contributed by atoms with Crippen molar-refractivity contribution in [3.63, 3.8) is 0 Å². The molecule has 144 valence electrons. The minimum absolute atomic E-state index is 0.256. The van der Waals surface area contributed by atoms with Crippen molar-refractivity contribution in [2.45, 2.75) is 13.1 Å². The molecule has 0 radical (unpaired) electrons. The number of fused-ring (bicyclic) bond motifs is 3. The number of rotatable bonds is 3. The number of benzene rings is 3. The number of carbonyl (C=O) groups is 1. The standard InChI is InChI=1S/C23H21N5O/c29-23(24-17-7-2-1-3-8-17)25-18-9-6-10-19(15-18)27-13-14-28-21-12-5-4-11-20(21)26-22(28)16-27/h1-12,15H,13-14,16H2,(H2,24,25,29). The largest absolute Gasteiger partial charge is 0.362 e. The highest BCUT2D eigenvalue weighted by molar-refractivity contribution is 6.00. The Morgan fingerprint density at radius 2 is 1.59 bits per heavy atom. The van der Waals surface area contributed by atoms with E-state index in [0.29, 0.717) is 0 Å². The summed E-state index contributed by atoms with van der Waals surface area (Å²) in [5, 5.41) is 5.75. The number of amides is 2. The second-order valence-corrected chi connectivity index (χ2v) is 7.09. The van der Waals surface area contributed by atoms with Crippen molar-refractivity contribution in [2.75, 3.05) is 22.1 Å². The molecule has 1 aliphatic rings. The third kappa shape index (κ3) is 3.52. The average Bonchev–Trinajstić information content (AvgIpc) is 3.12. The molecule has 1 aromatic heterocycles. The zero-order chi connectivity index (χ0) is 19.6. The minimum atomic E-state index is -0.256. The summed E-state index contributed by atoms with van der Waals surface area (Å²) in [6, 6.07) is 25.3. The van der Waals surface area contributed by atoms with Gasteiger partial charge in [-0.3, -0.25) is 0 Å². The summed E-state index contributed by atoms with van der Waals surface area (Å²) in [7, 11) is 0. The van der Waals surface area contributed by atoms with Gasteiger partial charge in [-0.25, -0.2) is 9.78 Å². The van der Waals surface area contributed by atoms with E-state index in [1.807, 2.05) is 54.6 Å². The van der Waals surface area contributed by atoms with Crippen LogP contribution in [0.1, 0.15) is 5.82 Å². The first-order valence-corrected chi connectivity index (χ1v) is 9.68. The minimum Gasteiger partial charge on any atom is -0.362 e. The van der Waals surface area contributed by atoms with Crippen molar-refractivity contribution in [3.05, 3.63) is 84.7 Å². The molecule has 1 aliphatic heterocycles. The van der Waals surface area contributed by atoms with Gasteiger partial charge in [0.2, 0.25) is 0 Å². The van der Waals surface area contributed by atoms with Crippen molar-refractivity contribution < 1.29 is 4.79 Å². The Kier molecular flexibility index (Phi) is 4.37. The first-order valence-electron chi connectivity index (χ1n) is 9.68. The van der Waals surface area contributed by atoms with Gasteiger partial charge in [0.1, 0.15) is 5.82 Å². The molecular formula is C23H21N5O. The quantitative estimate of drug-likeness (QED) is 0.539. The van der Waals surface area contributed by atoms with Crippen molar-refractivity contribution >= 4 is 34.1 Å². The lowest BCUT2D eigenvalue weighted by atomic mass is 10.2. The van der Waals surface area contributed by atoms with E-state index in [-0.39, 0.29) is 6.03 Å². The number of anilines is 3. The second kappa shape index (κ2) is 7.31. The van der Waals surface area contributed by atoms with Crippen molar-refractivity contribution in [3.8, 4) is 0 Å². The number of urea groups is 1. The molecule has 29 heavy (non-hydrogen) atoms. The topological polar surface area (TPSA) is 62.2 Å². The van der Waals surface area contributed by atoms with E-state index in [1.165, 1.54) is 5.52 Å². The number of aromatic nitrogens is 2. The molecule has 0 atom stereocenters. The van der Waals surface area contributed by atoms with E-state index in [9.17, 15) is 4.79 Å². The lowest BCUT2D eigenvalue weighted by molar-refractivity contribution is 0.262. The van der Waals surface area contributed by atoms with Gasteiger partial charge >= 0.3 is 6.03 Å². The predicted molar refractivity (Wildman–Crippen MR) is 116 cm³/mol. The Labute approximate surface area is 168 Å². The number of para-hydroxylation sites is 3. The summed E-state index contributed by atoms with van der Waals surface area (Å²) < 4.78 is 2.29.